The average molecular weight is 413 g/mol. The number of rotatable bonds is 4. The van der Waals surface area contributed by atoms with Crippen molar-refractivity contribution in [3.8, 4) is 0 Å². The van der Waals surface area contributed by atoms with Crippen LogP contribution in [0.1, 0.15) is 5.56 Å². The molecule has 0 atom stereocenters. The number of aromatic nitrogens is 2. The van der Waals surface area contributed by atoms with Gasteiger partial charge in [0.2, 0.25) is 5.95 Å². The molecule has 118 valence electrons. The highest BCUT2D eigenvalue weighted by atomic mass is 79.9. The standard InChI is InChI=1S/C15H11BrClN3O2S/c16-11-5-6-13-14(9-11)19-15(18-13)20-23(21,22)8-7-10-3-1-2-4-12(10)17/h1-9H,(H2,18,19,20)/b8-7-. The molecule has 0 unspecified atom stereocenters. The molecule has 0 aliphatic carbocycles. The highest BCUT2D eigenvalue weighted by molar-refractivity contribution is 9.10. The van der Waals surface area contributed by atoms with E-state index < -0.39 is 10.0 Å². The number of hydrogen-bond donors (Lipinski definition) is 2. The van der Waals surface area contributed by atoms with E-state index in [1.165, 1.54) is 6.08 Å². The fourth-order valence-corrected chi connectivity index (χ4v) is 3.29. The van der Waals surface area contributed by atoms with Gasteiger partial charge in [-0.2, -0.15) is 0 Å². The molecule has 0 aliphatic rings. The fourth-order valence-electron chi connectivity index (χ4n) is 1.97. The summed E-state index contributed by atoms with van der Waals surface area (Å²) in [4.78, 5) is 7.10. The summed E-state index contributed by atoms with van der Waals surface area (Å²) in [7, 11) is -3.70. The van der Waals surface area contributed by atoms with Crippen LogP contribution in [0, 0.1) is 0 Å². The van der Waals surface area contributed by atoms with Crippen LogP contribution in [0.3, 0.4) is 0 Å². The number of fused-ring (bicyclic) bond motifs is 1. The van der Waals surface area contributed by atoms with E-state index in [0.29, 0.717) is 16.1 Å². The normalized spacial score (nSPS) is 12.1. The minimum atomic E-state index is -3.70. The van der Waals surface area contributed by atoms with Gasteiger partial charge < -0.3 is 4.98 Å². The highest BCUT2D eigenvalue weighted by Crippen LogP contribution is 2.21. The van der Waals surface area contributed by atoms with Crippen molar-refractivity contribution in [2.45, 2.75) is 0 Å². The Labute approximate surface area is 146 Å². The van der Waals surface area contributed by atoms with E-state index in [1.807, 2.05) is 12.1 Å². The molecule has 8 heteroatoms. The molecule has 3 aromatic rings. The molecule has 1 aromatic heterocycles. The van der Waals surface area contributed by atoms with E-state index in [9.17, 15) is 8.42 Å². The lowest BCUT2D eigenvalue weighted by atomic mass is 10.2. The van der Waals surface area contributed by atoms with Gasteiger partial charge in [0.05, 0.1) is 16.4 Å². The molecule has 0 amide bonds. The van der Waals surface area contributed by atoms with Crippen molar-refractivity contribution >= 4 is 60.6 Å². The second kappa shape index (κ2) is 6.35. The Bertz CT molecular complexity index is 999. The summed E-state index contributed by atoms with van der Waals surface area (Å²) in [5.41, 5.74) is 2.02. The van der Waals surface area contributed by atoms with Gasteiger partial charge in [0.1, 0.15) is 0 Å². The van der Waals surface area contributed by atoms with Gasteiger partial charge in [-0.3, -0.25) is 0 Å². The molecular weight excluding hydrogens is 402 g/mol. The van der Waals surface area contributed by atoms with E-state index >= 15 is 0 Å². The van der Waals surface area contributed by atoms with Gasteiger partial charge in [0, 0.05) is 9.50 Å². The number of nitrogens with one attached hydrogen (secondary N) is 2. The summed E-state index contributed by atoms with van der Waals surface area (Å²) in [5.74, 6) is 0.155. The Kier molecular flexibility index (Phi) is 4.43. The molecule has 0 spiro atoms. The molecule has 0 saturated heterocycles. The van der Waals surface area contributed by atoms with Crippen molar-refractivity contribution in [3.05, 3.63) is 62.9 Å². The Morgan fingerprint density at radius 2 is 2.00 bits per heavy atom. The highest BCUT2D eigenvalue weighted by Gasteiger charge is 2.10. The predicted molar refractivity (Wildman–Crippen MR) is 96.8 cm³/mol. The van der Waals surface area contributed by atoms with Gasteiger partial charge in [-0.1, -0.05) is 45.7 Å². The number of benzene rings is 2. The van der Waals surface area contributed by atoms with Crippen LogP contribution in [0.25, 0.3) is 17.1 Å². The zero-order valence-corrected chi connectivity index (χ0v) is 14.8. The molecule has 2 N–H and O–H groups in total. The summed E-state index contributed by atoms with van der Waals surface area (Å²) >= 11 is 9.34. The van der Waals surface area contributed by atoms with Crippen LogP contribution < -0.4 is 4.72 Å². The summed E-state index contributed by atoms with van der Waals surface area (Å²) in [5, 5.41) is 1.53. The Morgan fingerprint density at radius 1 is 1.22 bits per heavy atom. The third-order valence-electron chi connectivity index (χ3n) is 3.01. The van der Waals surface area contributed by atoms with Crippen LogP contribution in [-0.4, -0.2) is 18.4 Å². The first-order chi connectivity index (χ1) is 10.9. The number of imidazole rings is 1. The molecule has 3 rings (SSSR count). The average Bonchev–Trinajstić information content (AvgIpc) is 2.87. The van der Waals surface area contributed by atoms with Gasteiger partial charge in [-0.05, 0) is 35.9 Å². The van der Waals surface area contributed by atoms with Crippen LogP contribution in [0.5, 0.6) is 0 Å². The number of nitrogens with zero attached hydrogens (tertiary/aromatic N) is 1. The topological polar surface area (TPSA) is 74.8 Å². The molecule has 0 bridgehead atoms. The summed E-state index contributed by atoms with van der Waals surface area (Å²) in [6.45, 7) is 0. The lowest BCUT2D eigenvalue weighted by molar-refractivity contribution is 0.609. The van der Waals surface area contributed by atoms with Gasteiger partial charge in [-0.25, -0.2) is 18.1 Å². The van der Waals surface area contributed by atoms with Crippen LogP contribution in [0.15, 0.2) is 52.3 Å². The summed E-state index contributed by atoms with van der Waals surface area (Å²) in [6, 6.07) is 12.4. The van der Waals surface area contributed by atoms with Crippen molar-refractivity contribution in [2.24, 2.45) is 0 Å². The minimum Gasteiger partial charge on any atom is -0.323 e. The molecule has 23 heavy (non-hydrogen) atoms. The smallest absolute Gasteiger partial charge is 0.257 e. The second-order valence-electron chi connectivity index (χ2n) is 4.72. The number of halogens is 2. The van der Waals surface area contributed by atoms with Gasteiger partial charge in [-0.15, -0.1) is 0 Å². The summed E-state index contributed by atoms with van der Waals surface area (Å²) in [6.07, 6.45) is 1.43. The van der Waals surface area contributed by atoms with Crippen molar-refractivity contribution in [3.63, 3.8) is 0 Å². The van der Waals surface area contributed by atoms with Gasteiger partial charge in [0.25, 0.3) is 10.0 Å². The molecule has 0 saturated carbocycles. The molecule has 0 aliphatic heterocycles. The number of aromatic amines is 1. The van der Waals surface area contributed by atoms with Crippen molar-refractivity contribution in [1.29, 1.82) is 0 Å². The maximum atomic E-state index is 12.1. The van der Waals surface area contributed by atoms with E-state index in [0.717, 1.165) is 15.4 Å². The van der Waals surface area contributed by atoms with E-state index in [2.05, 4.69) is 30.6 Å². The van der Waals surface area contributed by atoms with Crippen LogP contribution in [0.2, 0.25) is 5.02 Å². The Balaban J connectivity index is 1.83. The third kappa shape index (κ3) is 3.93. The fraction of sp³-hybridized carbons (Fsp3) is 0. The largest absolute Gasteiger partial charge is 0.323 e. The van der Waals surface area contributed by atoms with E-state index in [-0.39, 0.29) is 5.95 Å². The summed E-state index contributed by atoms with van der Waals surface area (Å²) < 4.78 is 27.5. The second-order valence-corrected chi connectivity index (χ2v) is 7.61. The molecule has 2 aromatic carbocycles. The lowest BCUT2D eigenvalue weighted by Crippen LogP contribution is -2.09. The molecule has 0 fully saturated rings. The van der Waals surface area contributed by atoms with Gasteiger partial charge >= 0.3 is 0 Å². The molecule has 5 nitrogen and oxygen atoms in total. The quantitative estimate of drug-likeness (QED) is 0.667. The van der Waals surface area contributed by atoms with E-state index in [1.54, 1.807) is 30.3 Å². The SMILES string of the molecule is O=S(=O)(/C=C\c1ccccc1Cl)Nc1nc2ccc(Br)cc2[nH]1. The van der Waals surface area contributed by atoms with Crippen molar-refractivity contribution in [2.75, 3.05) is 4.72 Å². The number of sulfonamides is 1. The first-order valence-electron chi connectivity index (χ1n) is 6.54. The number of H-pyrrole nitrogens is 1. The zero-order valence-electron chi connectivity index (χ0n) is 11.6. The van der Waals surface area contributed by atoms with E-state index in [4.69, 9.17) is 11.6 Å². The van der Waals surface area contributed by atoms with Crippen molar-refractivity contribution in [1.82, 2.24) is 9.97 Å². The minimum absolute atomic E-state index is 0.155. The van der Waals surface area contributed by atoms with Gasteiger partial charge in [0.15, 0.2) is 0 Å². The van der Waals surface area contributed by atoms with Crippen LogP contribution in [0.4, 0.5) is 5.95 Å². The van der Waals surface area contributed by atoms with Crippen LogP contribution >= 0.6 is 27.5 Å². The lowest BCUT2D eigenvalue weighted by Gasteiger charge is -2.00. The Morgan fingerprint density at radius 3 is 2.78 bits per heavy atom. The maximum absolute atomic E-state index is 12.1. The third-order valence-corrected chi connectivity index (χ3v) is 4.82. The molecular formula is C15H11BrClN3O2S. The predicted octanol–water partition coefficient (Wildman–Crippen LogP) is 4.39. The molecule has 1 heterocycles. The first-order valence-corrected chi connectivity index (χ1v) is 9.25. The van der Waals surface area contributed by atoms with Crippen LogP contribution in [-0.2, 0) is 10.0 Å². The number of anilines is 1. The van der Waals surface area contributed by atoms with Crippen molar-refractivity contribution < 1.29 is 8.42 Å². The first kappa shape index (κ1) is 16.0. The molecule has 0 radical (unpaired) electrons. The Hall–Kier alpha value is -1.83. The number of hydrogen-bond acceptors (Lipinski definition) is 3. The maximum Gasteiger partial charge on any atom is 0.257 e. The monoisotopic (exact) mass is 411 g/mol. The zero-order chi connectivity index (χ0) is 16.4.